The summed E-state index contributed by atoms with van der Waals surface area (Å²) in [6, 6.07) is 15.1. The number of rotatable bonds is 26. The number of fused-ring (bicyclic) bond motifs is 3. The van der Waals surface area contributed by atoms with Crippen molar-refractivity contribution in [1.82, 2.24) is 47.3 Å². The van der Waals surface area contributed by atoms with Gasteiger partial charge in [0.1, 0.15) is 23.1 Å². The number of carbonyl (C=O) groups is 11. The minimum Gasteiger partial charge on any atom is -0.507 e. The van der Waals surface area contributed by atoms with Crippen molar-refractivity contribution in [3.05, 3.63) is 144 Å². The topological polar surface area (TPSA) is 392 Å². The van der Waals surface area contributed by atoms with Gasteiger partial charge in [-0.1, -0.05) is 24.3 Å². The number of phenols is 1. The van der Waals surface area contributed by atoms with Gasteiger partial charge < -0.3 is 89.8 Å². The minimum absolute atomic E-state index is 0.0112. The maximum absolute atomic E-state index is 13.6. The smallest absolute Gasteiger partial charge is 0.291 e. The number of benzene rings is 2. The Morgan fingerprint density at radius 2 is 1.12 bits per heavy atom. The number of hydrogen-bond acceptors (Lipinski definition) is 14. The lowest BCUT2D eigenvalue weighted by atomic mass is 9.95. The zero-order chi connectivity index (χ0) is 71.8. The van der Waals surface area contributed by atoms with Crippen LogP contribution in [0.15, 0.2) is 110 Å². The summed E-state index contributed by atoms with van der Waals surface area (Å²) in [7, 11) is 11.5. The molecule has 11 N–H and O–H groups in total. The summed E-state index contributed by atoms with van der Waals surface area (Å²) in [4.78, 5) is 153. The van der Waals surface area contributed by atoms with E-state index in [0.29, 0.717) is 40.5 Å². The Balaban J connectivity index is 0.607. The molecule has 2 aromatic carbocycles. The summed E-state index contributed by atoms with van der Waals surface area (Å²) < 4.78 is 10.9. The van der Waals surface area contributed by atoms with Crippen molar-refractivity contribution in [3.63, 3.8) is 0 Å². The van der Waals surface area contributed by atoms with Gasteiger partial charge in [0.25, 0.3) is 29.5 Å². The number of aromatic nitrogens is 9. The van der Waals surface area contributed by atoms with Gasteiger partial charge in [-0.2, -0.15) is 4.98 Å². The fourth-order valence-corrected chi connectivity index (χ4v) is 11.5. The predicted octanol–water partition coefficient (Wildman–Crippen LogP) is 6.67. The van der Waals surface area contributed by atoms with Crippen LogP contribution in [0.4, 0.5) is 57.7 Å². The number of alkyl halides is 1. The van der Waals surface area contributed by atoms with E-state index in [1.165, 1.54) is 80.5 Å². The largest absolute Gasteiger partial charge is 0.507 e. The molecule has 1 aliphatic heterocycles. The molecule has 0 radical (unpaired) electrons. The van der Waals surface area contributed by atoms with Crippen LogP contribution >= 0.6 is 11.6 Å². The van der Waals surface area contributed by atoms with E-state index in [9.17, 15) is 57.8 Å². The molecule has 1 atom stereocenters. The van der Waals surface area contributed by atoms with Gasteiger partial charge in [-0.3, -0.25) is 58.1 Å². The molecule has 10 rings (SSSR count). The maximum atomic E-state index is 13.6. The SMILES string of the molecule is CC(=O)Nc1cn(C)c(NC(=O)c2cc(NC(=O)c3cc(NC(=O)CCC(=O)Nc4cn(C)cc4NC(=O)CCCC(=O)Nc4cc(C(=O)NCCC(=O)Nc5cn(C)c(C(=O)Nc6cc(/C=C/C(=O)N7CC(CCl)c8c7cc(O)c7ccccc87)n(C)c6)n5)n(C)c4)n(C)c3)n(C)c2)n1. The van der Waals surface area contributed by atoms with Gasteiger partial charge in [-0.05, 0) is 47.7 Å². The van der Waals surface area contributed by atoms with Crippen molar-refractivity contribution in [2.24, 2.45) is 49.3 Å². The first-order valence-electron chi connectivity index (χ1n) is 31.3. The van der Waals surface area contributed by atoms with Crippen LogP contribution in [0.2, 0.25) is 0 Å². The van der Waals surface area contributed by atoms with Gasteiger partial charge >= 0.3 is 0 Å². The average molecular weight is 1390 g/mol. The molecule has 8 heterocycles. The number of hydrogen-bond donors (Lipinski definition) is 11. The monoisotopic (exact) mass is 1380 g/mol. The Morgan fingerprint density at radius 1 is 0.540 bits per heavy atom. The number of anilines is 10. The number of aryl methyl sites for hydroxylation is 7. The van der Waals surface area contributed by atoms with E-state index in [-0.39, 0.29) is 132 Å². The zero-order valence-corrected chi connectivity index (χ0v) is 56.5. The van der Waals surface area contributed by atoms with Crippen LogP contribution in [0.5, 0.6) is 5.75 Å². The number of imidazole rings is 2. The number of amides is 11. The molecule has 0 bridgehead atoms. The third-order valence-corrected chi connectivity index (χ3v) is 16.5. The van der Waals surface area contributed by atoms with Gasteiger partial charge in [-0.25, -0.2) is 4.98 Å². The molecule has 1 aliphatic rings. The number of nitrogens with zero attached hydrogens (tertiary/aromatic N) is 10. The summed E-state index contributed by atoms with van der Waals surface area (Å²) in [5, 5.41) is 39.3. The molecule has 0 saturated carbocycles. The Bertz CT molecular complexity index is 4780. The predicted molar refractivity (Wildman–Crippen MR) is 375 cm³/mol. The molecule has 33 heteroatoms. The molecule has 0 aliphatic carbocycles. The second-order valence-electron chi connectivity index (χ2n) is 24.0. The van der Waals surface area contributed by atoms with Gasteiger partial charge in [-0.15, -0.1) is 11.6 Å². The van der Waals surface area contributed by atoms with Crippen LogP contribution in [0.25, 0.3) is 16.8 Å². The first-order chi connectivity index (χ1) is 47.7. The van der Waals surface area contributed by atoms with E-state index in [0.717, 1.165) is 10.9 Å². The second-order valence-corrected chi connectivity index (χ2v) is 24.3. The highest BCUT2D eigenvalue weighted by Gasteiger charge is 2.34. The molecule has 32 nitrogen and oxygen atoms in total. The fourth-order valence-electron chi connectivity index (χ4n) is 11.3. The van der Waals surface area contributed by atoms with Gasteiger partial charge in [0.05, 0.1) is 39.6 Å². The summed E-state index contributed by atoms with van der Waals surface area (Å²) >= 11 is 6.36. The van der Waals surface area contributed by atoms with Gasteiger partial charge in [0.2, 0.25) is 47.2 Å². The van der Waals surface area contributed by atoms with Crippen LogP contribution in [0.1, 0.15) is 104 Å². The van der Waals surface area contributed by atoms with E-state index in [4.69, 9.17) is 11.6 Å². The van der Waals surface area contributed by atoms with E-state index in [1.807, 2.05) is 24.3 Å². The van der Waals surface area contributed by atoms with E-state index < -0.39 is 53.2 Å². The van der Waals surface area contributed by atoms with E-state index in [1.54, 1.807) is 105 Å². The maximum Gasteiger partial charge on any atom is 0.291 e. The fraction of sp³-hybridized carbons (Fsp3) is 0.269. The summed E-state index contributed by atoms with van der Waals surface area (Å²) in [5.41, 5.74) is 4.00. The summed E-state index contributed by atoms with van der Waals surface area (Å²) in [5.74, 6) is -3.84. The van der Waals surface area contributed by atoms with Crippen LogP contribution in [0, 0.1) is 0 Å². The van der Waals surface area contributed by atoms with Crippen molar-refractivity contribution >= 4 is 151 Å². The van der Waals surface area contributed by atoms with Crippen molar-refractivity contribution in [1.29, 1.82) is 0 Å². The van der Waals surface area contributed by atoms with Crippen molar-refractivity contribution in [2.45, 2.75) is 51.4 Å². The van der Waals surface area contributed by atoms with Crippen molar-refractivity contribution in [2.75, 3.05) is 71.7 Å². The molecule has 7 aromatic heterocycles. The number of nitrogens with one attached hydrogen (secondary N) is 10. The van der Waals surface area contributed by atoms with Crippen molar-refractivity contribution in [3.8, 4) is 5.75 Å². The van der Waals surface area contributed by atoms with E-state index >= 15 is 0 Å². The normalized spacial score (nSPS) is 12.4. The van der Waals surface area contributed by atoms with Crippen LogP contribution in [0.3, 0.4) is 0 Å². The molecule has 0 spiro atoms. The molecular formula is C67H73ClN20O12. The molecule has 520 valence electrons. The minimum atomic E-state index is -0.571. The Labute approximate surface area is 576 Å². The molecule has 1 unspecified atom stereocenters. The first kappa shape index (κ1) is 70.3. The lowest BCUT2D eigenvalue weighted by Gasteiger charge is -2.16. The third-order valence-electron chi connectivity index (χ3n) is 16.1. The summed E-state index contributed by atoms with van der Waals surface area (Å²) in [6.45, 7) is 1.61. The van der Waals surface area contributed by atoms with Crippen LogP contribution in [-0.2, 0) is 82.9 Å². The third kappa shape index (κ3) is 16.8. The Hall–Kier alpha value is -12.5. The zero-order valence-electron chi connectivity index (χ0n) is 55.7. The quantitative estimate of drug-likeness (QED) is 0.0199. The summed E-state index contributed by atoms with van der Waals surface area (Å²) in [6.07, 6.45) is 14.8. The van der Waals surface area contributed by atoms with Gasteiger partial charge in [0, 0.05) is 186 Å². The molecule has 9 aromatic rings. The van der Waals surface area contributed by atoms with Crippen LogP contribution < -0.4 is 58.1 Å². The lowest BCUT2D eigenvalue weighted by Crippen LogP contribution is -2.29. The molecule has 0 fully saturated rings. The number of aromatic hydroxyl groups is 1. The number of carbonyl (C=O) groups excluding carboxylic acids is 11. The number of phenolic OH excluding ortho intramolecular Hbond substituents is 1. The Kier molecular flexibility index (Phi) is 21.3. The molecule has 11 amide bonds. The first-order valence-corrected chi connectivity index (χ1v) is 31.9. The Morgan fingerprint density at radius 3 is 1.79 bits per heavy atom. The highest BCUT2D eigenvalue weighted by molar-refractivity contribution is 6.19. The van der Waals surface area contributed by atoms with Crippen LogP contribution in [-0.4, -0.2) is 131 Å². The lowest BCUT2D eigenvalue weighted by molar-refractivity contribution is -0.121. The highest BCUT2D eigenvalue weighted by atomic mass is 35.5. The van der Waals surface area contributed by atoms with E-state index in [2.05, 4.69) is 63.1 Å². The standard InChI is InChI=1S/C67H73ClN20O12/c1-37(89)70-51-36-87(8)67(77-51)80-64(98)39-23-54(85(6)29-39)79-63(97)38-22-53(84(5)28-38)78-58(94)18-17-57(93)74-47-34-81(2)33-46(47)73-56(92)15-11-14-55(91)71-42-25-49(83(4)32-42)65(99)69-21-20-59(95)75-52-35-86(7)62(76-52)66(100)72-41-24-43(82(3)31-41)16-19-60(96)88-30-40(27-68)61-45-13-10-9-12-44(45)50(90)26-48(61)88/h9-10,12-13,16,19,22-26,28-29,31-36,40,90H,11,14-15,17-18,20-21,27,30H2,1-8H3,(H,69,99)(H,70,89)(H,71,91)(H,72,100)(H,73,92)(H,74,93)(H,75,95)(H,78,94)(H,79,97)(H,77,80,98)/b19-16+. The second kappa shape index (κ2) is 30.3. The molecular weight excluding hydrogens is 1310 g/mol. The average Bonchev–Trinajstić information content (AvgIpc) is 1.57. The number of halogens is 1. The molecule has 100 heavy (non-hydrogen) atoms. The highest BCUT2D eigenvalue weighted by Crippen LogP contribution is 2.45. The molecule has 0 saturated heterocycles. The van der Waals surface area contributed by atoms with Crippen molar-refractivity contribution < 1.29 is 57.8 Å². The van der Waals surface area contributed by atoms with Gasteiger partial charge in [0.15, 0.2) is 11.6 Å².